The number of nitrogens with zero attached hydrogens (tertiary/aromatic N) is 2. The van der Waals surface area contributed by atoms with Crippen molar-refractivity contribution in [1.29, 1.82) is 0 Å². The molecule has 104 heavy (non-hydrogen) atoms. The molecule has 3 aliphatic carbocycles. The zero-order valence-corrected chi connectivity index (χ0v) is 57.0. The van der Waals surface area contributed by atoms with Gasteiger partial charge in [-0.2, -0.15) is 0 Å². The first kappa shape index (κ1) is 59.5. The van der Waals surface area contributed by atoms with E-state index in [2.05, 4.69) is 410 Å². The van der Waals surface area contributed by atoms with Gasteiger partial charge in [-0.3, -0.25) is 0 Å². The molecule has 0 amide bonds. The van der Waals surface area contributed by atoms with Crippen molar-refractivity contribution in [2.24, 2.45) is 0 Å². The highest BCUT2D eigenvalue weighted by atomic mass is 15.0. The lowest BCUT2D eigenvalue weighted by Crippen LogP contribution is -2.28. The summed E-state index contributed by atoms with van der Waals surface area (Å²) in [4.78, 5) is 0. The van der Waals surface area contributed by atoms with E-state index in [1.807, 2.05) is 0 Å². The molecule has 484 valence electrons. The highest BCUT2D eigenvalue weighted by Gasteiger charge is 2.52. The van der Waals surface area contributed by atoms with Gasteiger partial charge in [-0.05, 0) is 218 Å². The van der Waals surface area contributed by atoms with Crippen LogP contribution in [0.25, 0.3) is 146 Å². The fourth-order valence-corrected chi connectivity index (χ4v) is 18.2. The minimum Gasteiger partial charge on any atom is -0.309 e. The summed E-state index contributed by atoms with van der Waals surface area (Å²) in [6.07, 6.45) is 9.13. The van der Waals surface area contributed by atoms with Gasteiger partial charge in [0.15, 0.2) is 0 Å². The summed E-state index contributed by atoms with van der Waals surface area (Å²) >= 11 is 0. The smallest absolute Gasteiger partial charge is 0.0725 e. The quantitative estimate of drug-likeness (QED) is 0.114. The Kier molecular flexibility index (Phi) is 13.5. The van der Waals surface area contributed by atoms with Crippen molar-refractivity contribution in [2.75, 3.05) is 0 Å². The average molecular weight is 1320 g/mol. The van der Waals surface area contributed by atoms with Crippen LogP contribution < -0.4 is 0 Å². The molecule has 0 radical (unpaired) electrons. The summed E-state index contributed by atoms with van der Waals surface area (Å²) in [6.45, 7) is 0. The van der Waals surface area contributed by atoms with Crippen molar-refractivity contribution < 1.29 is 0 Å². The first-order valence-corrected chi connectivity index (χ1v) is 36.2. The normalized spacial score (nSPS) is 13.5. The van der Waals surface area contributed by atoms with Crippen molar-refractivity contribution in [2.45, 2.75) is 10.8 Å². The van der Waals surface area contributed by atoms with Gasteiger partial charge in [0, 0.05) is 32.9 Å². The van der Waals surface area contributed by atoms with Gasteiger partial charge in [0.05, 0.1) is 32.9 Å². The molecular formula is C102H66N2. The van der Waals surface area contributed by atoms with Gasteiger partial charge in [-0.25, -0.2) is 0 Å². The largest absolute Gasteiger partial charge is 0.309 e. The number of rotatable bonds is 11. The van der Waals surface area contributed by atoms with Crippen molar-refractivity contribution >= 4 is 67.9 Å². The van der Waals surface area contributed by atoms with Crippen LogP contribution in [0, 0.1) is 0 Å². The van der Waals surface area contributed by atoms with E-state index < -0.39 is 10.8 Å². The summed E-state index contributed by atoms with van der Waals surface area (Å²) < 4.78 is 4.75. The fraction of sp³-hybridized carbons (Fsp3) is 0.0196. The van der Waals surface area contributed by atoms with Gasteiger partial charge in [0.1, 0.15) is 0 Å². The maximum atomic E-state index is 2.54. The van der Waals surface area contributed by atoms with Crippen molar-refractivity contribution in [3.63, 3.8) is 0 Å². The van der Waals surface area contributed by atoms with E-state index >= 15 is 0 Å². The number of benzene rings is 16. The molecule has 1 spiro atoms. The predicted molar refractivity (Wildman–Crippen MR) is 436 cm³/mol. The molecule has 0 aliphatic heterocycles. The summed E-state index contributed by atoms with van der Waals surface area (Å²) in [5.74, 6) is 0. The van der Waals surface area contributed by atoms with Crippen LogP contribution in [0.3, 0.4) is 0 Å². The molecule has 2 nitrogen and oxygen atoms in total. The Morgan fingerprint density at radius 1 is 0.183 bits per heavy atom. The lowest BCUT2D eigenvalue weighted by Gasteiger charge is -2.34. The molecule has 0 atom stereocenters. The summed E-state index contributed by atoms with van der Waals surface area (Å²) in [6, 6.07) is 140. The van der Waals surface area contributed by atoms with Crippen molar-refractivity contribution in [3.8, 4) is 78.1 Å². The third-order valence-corrected chi connectivity index (χ3v) is 22.8. The fourth-order valence-electron chi connectivity index (χ4n) is 18.2. The van der Waals surface area contributed by atoms with Crippen LogP contribution in [0.4, 0.5) is 0 Å². The molecule has 3 aliphatic rings. The molecule has 0 saturated heterocycles. The van der Waals surface area contributed by atoms with Crippen LogP contribution in [0.2, 0.25) is 0 Å². The van der Waals surface area contributed by atoms with Crippen molar-refractivity contribution in [1.82, 2.24) is 9.13 Å². The van der Waals surface area contributed by atoms with Crippen LogP contribution >= 0.6 is 0 Å². The third-order valence-electron chi connectivity index (χ3n) is 22.8. The van der Waals surface area contributed by atoms with Crippen molar-refractivity contribution in [3.05, 3.63) is 443 Å². The van der Waals surface area contributed by atoms with E-state index in [9.17, 15) is 0 Å². The molecule has 0 saturated carbocycles. The van der Waals surface area contributed by atoms with E-state index in [1.165, 1.54) is 172 Å². The number of aromatic nitrogens is 2. The second kappa shape index (κ2) is 23.6. The predicted octanol–water partition coefficient (Wildman–Crippen LogP) is 25.9. The van der Waals surface area contributed by atoms with Crippen LogP contribution in [0.5, 0.6) is 0 Å². The Balaban J connectivity index is 0.626. The lowest BCUT2D eigenvalue weighted by molar-refractivity contribution is 0.768. The third kappa shape index (κ3) is 9.02. The molecule has 16 aromatic carbocycles. The molecule has 0 N–H and O–H groups in total. The van der Waals surface area contributed by atoms with Crippen LogP contribution in [-0.4, -0.2) is 9.13 Å². The van der Waals surface area contributed by atoms with Gasteiger partial charge >= 0.3 is 0 Å². The maximum absolute atomic E-state index is 2.54. The molecule has 0 fully saturated rings. The first-order valence-electron chi connectivity index (χ1n) is 36.2. The molecule has 21 rings (SSSR count). The summed E-state index contributed by atoms with van der Waals surface area (Å²) in [5.41, 5.74) is 35.8. The number of fused-ring (bicyclic) bond motifs is 19. The molecular weight excluding hydrogens is 1250 g/mol. The molecule has 2 heteroatoms. The SMILES string of the molecule is C(=C\c1ccc2c(c1)C(c1ccccc1)(c1ccccc1)c1cc(-c3ccc4c(c3)C3(c5ccccc5-c5ccccc53)c3cc(/C=C/c5ccc(-c6ccc7c(c6)c6ccccc6n7-c6ccccc6)cc5)ccc3-4)ccc1-2)/c1ccc(-c2ccc3c(c2)c2ccccc2n3-c2ccccc2)cc1. The van der Waals surface area contributed by atoms with E-state index in [0.717, 1.165) is 16.7 Å². The number of para-hydroxylation sites is 4. The van der Waals surface area contributed by atoms with Crippen LogP contribution in [0.1, 0.15) is 66.8 Å². The van der Waals surface area contributed by atoms with Gasteiger partial charge in [-0.1, -0.05) is 315 Å². The van der Waals surface area contributed by atoms with E-state index in [0.29, 0.717) is 0 Å². The number of hydrogen-bond acceptors (Lipinski definition) is 0. The van der Waals surface area contributed by atoms with Crippen LogP contribution in [0.15, 0.2) is 376 Å². The van der Waals surface area contributed by atoms with E-state index in [4.69, 9.17) is 0 Å². The Morgan fingerprint density at radius 2 is 0.481 bits per heavy atom. The minimum atomic E-state index is -0.617. The Labute approximate surface area is 605 Å². The van der Waals surface area contributed by atoms with Gasteiger partial charge in [0.2, 0.25) is 0 Å². The first-order chi connectivity index (χ1) is 51.5. The average Bonchev–Trinajstić information content (AvgIpc) is 1.51. The monoisotopic (exact) mass is 1320 g/mol. The van der Waals surface area contributed by atoms with Gasteiger partial charge < -0.3 is 9.13 Å². The molecule has 0 bridgehead atoms. The second-order valence-electron chi connectivity index (χ2n) is 28.2. The second-order valence-corrected chi connectivity index (χ2v) is 28.2. The Hall–Kier alpha value is -13.4. The highest BCUT2D eigenvalue weighted by Crippen LogP contribution is 2.64. The summed E-state index contributed by atoms with van der Waals surface area (Å²) in [5, 5.41) is 5.01. The van der Waals surface area contributed by atoms with Gasteiger partial charge in [0.25, 0.3) is 0 Å². The van der Waals surface area contributed by atoms with Crippen LogP contribution in [-0.2, 0) is 10.8 Å². The zero-order chi connectivity index (χ0) is 68.5. The summed E-state index contributed by atoms with van der Waals surface area (Å²) in [7, 11) is 0. The molecule has 18 aromatic rings. The standard InChI is InChI=1S/C102H66N2/c1-5-21-77(22-6-1)101(78-23-7-2-8-24-78)93-61-69(39-37-67-41-47-71(48-42-67)73-53-59-99-89(63-73)87-31-15-19-35-97(87)103(99)79-25-9-3-10-26-79)45-55-83(93)85-57-51-75(65-95(85)101)76-52-58-86-84-56-46-70(62-94(84)102(96(86)66-76)91-33-17-13-29-81(91)82-30-14-18-34-92(82)102)40-38-68-43-49-72(50-44-68)74-54-60-100-90(64-74)88-32-16-20-36-98(88)104(100)80-27-11-4-12-28-80/h1-66H/b39-37+,40-38+. The molecule has 0 unspecified atom stereocenters. The zero-order valence-electron chi connectivity index (χ0n) is 57.0. The Morgan fingerprint density at radius 3 is 0.933 bits per heavy atom. The molecule has 2 heterocycles. The van der Waals surface area contributed by atoms with Gasteiger partial charge in [-0.15, -0.1) is 0 Å². The van der Waals surface area contributed by atoms with E-state index in [1.54, 1.807) is 0 Å². The highest BCUT2D eigenvalue weighted by molar-refractivity contribution is 6.12. The molecule has 2 aromatic heterocycles. The Bertz CT molecular complexity index is 6150. The van der Waals surface area contributed by atoms with E-state index in [-0.39, 0.29) is 0 Å². The lowest BCUT2D eigenvalue weighted by atomic mass is 9.67. The minimum absolute atomic E-state index is 0.550. The topological polar surface area (TPSA) is 9.86 Å². The number of hydrogen-bond donors (Lipinski definition) is 0. The maximum Gasteiger partial charge on any atom is 0.0725 e.